The molecule has 0 radical (unpaired) electrons. The van der Waals surface area contributed by atoms with E-state index >= 15 is 0 Å². The van der Waals surface area contributed by atoms with Gasteiger partial charge in [-0.05, 0) is 6.42 Å². The minimum Gasteiger partial charge on any atom is -0.478 e. The molecule has 0 amide bonds. The van der Waals surface area contributed by atoms with E-state index in [9.17, 15) is 9.59 Å². The maximum atomic E-state index is 10.0. The van der Waals surface area contributed by atoms with Crippen molar-refractivity contribution in [1.82, 2.24) is 0 Å². The second-order valence-corrected chi connectivity index (χ2v) is 1.49. The fourth-order valence-corrected chi connectivity index (χ4v) is 0.406. The molecule has 50 valence electrons. The van der Waals surface area contributed by atoms with E-state index in [1.807, 2.05) is 0 Å². The van der Waals surface area contributed by atoms with Crippen LogP contribution in [0.2, 0.25) is 0 Å². The van der Waals surface area contributed by atoms with Crippen LogP contribution in [-0.4, -0.2) is 17.4 Å². The van der Waals surface area contributed by atoms with E-state index in [4.69, 9.17) is 5.11 Å². The first-order valence-electron chi connectivity index (χ1n) is 2.61. The van der Waals surface area contributed by atoms with Crippen molar-refractivity contribution >= 4 is 12.3 Å². The van der Waals surface area contributed by atoms with Crippen molar-refractivity contribution in [2.24, 2.45) is 0 Å². The van der Waals surface area contributed by atoms with E-state index in [1.54, 1.807) is 6.92 Å². The Hall–Kier alpha value is -1.12. The molecule has 3 nitrogen and oxygen atoms in total. The summed E-state index contributed by atoms with van der Waals surface area (Å²) in [5.74, 6) is -1.16. The van der Waals surface area contributed by atoms with Crippen LogP contribution in [0.15, 0.2) is 11.6 Å². The van der Waals surface area contributed by atoms with Gasteiger partial charge >= 0.3 is 5.97 Å². The summed E-state index contributed by atoms with van der Waals surface area (Å²) in [5, 5.41) is 8.20. The molecular weight excluding hydrogens is 120 g/mol. The molecule has 0 aromatic carbocycles. The zero-order chi connectivity index (χ0) is 7.28. The Morgan fingerprint density at radius 1 is 1.67 bits per heavy atom. The third-order valence-corrected chi connectivity index (χ3v) is 0.798. The molecule has 0 unspecified atom stereocenters. The Balaban J connectivity index is 4.14. The van der Waals surface area contributed by atoms with Crippen LogP contribution in [0.1, 0.15) is 13.3 Å². The molecule has 0 saturated heterocycles. The van der Waals surface area contributed by atoms with E-state index in [2.05, 4.69) is 0 Å². The third kappa shape index (κ3) is 2.64. The van der Waals surface area contributed by atoms with Gasteiger partial charge in [-0.2, -0.15) is 0 Å². The molecule has 0 aliphatic rings. The summed E-state index contributed by atoms with van der Waals surface area (Å²) in [6.45, 7) is 1.77. The zero-order valence-corrected chi connectivity index (χ0v) is 5.13. The van der Waals surface area contributed by atoms with E-state index in [0.29, 0.717) is 12.7 Å². The average Bonchev–Trinajstić information content (AvgIpc) is 1.82. The van der Waals surface area contributed by atoms with Crippen LogP contribution < -0.4 is 0 Å². The van der Waals surface area contributed by atoms with E-state index in [-0.39, 0.29) is 5.57 Å². The summed E-state index contributed by atoms with van der Waals surface area (Å²) in [6.07, 6.45) is 2.28. The highest BCUT2D eigenvalue weighted by atomic mass is 16.4. The lowest BCUT2D eigenvalue weighted by molar-refractivity contribution is -0.133. The number of carbonyl (C=O) groups excluding carboxylic acids is 1. The van der Waals surface area contributed by atoms with Gasteiger partial charge in [-0.15, -0.1) is 0 Å². The summed E-state index contributed by atoms with van der Waals surface area (Å²) < 4.78 is 0. The number of carboxylic acids is 1. The van der Waals surface area contributed by atoms with Crippen LogP contribution in [0.25, 0.3) is 0 Å². The Morgan fingerprint density at radius 3 is 2.33 bits per heavy atom. The largest absolute Gasteiger partial charge is 0.478 e. The summed E-state index contributed by atoms with van der Waals surface area (Å²) >= 11 is 0. The van der Waals surface area contributed by atoms with Crippen LogP contribution in [0, 0.1) is 0 Å². The smallest absolute Gasteiger partial charge is 0.338 e. The van der Waals surface area contributed by atoms with Crippen LogP contribution >= 0.6 is 0 Å². The maximum absolute atomic E-state index is 10.0. The van der Waals surface area contributed by atoms with Gasteiger partial charge in [-0.1, -0.05) is 13.0 Å². The number of aldehydes is 1. The number of carboxylic acid groups (broad SMARTS) is 1. The lowest BCUT2D eigenvalue weighted by Crippen LogP contribution is -2.00. The minimum absolute atomic E-state index is 0.169. The predicted octanol–water partition coefficient (Wildman–Crippen LogP) is 0.606. The number of carbonyl (C=O) groups is 2. The summed E-state index contributed by atoms with van der Waals surface area (Å²) in [5.41, 5.74) is -0.169. The number of hydrogen-bond donors (Lipinski definition) is 1. The number of rotatable bonds is 3. The summed E-state index contributed by atoms with van der Waals surface area (Å²) in [4.78, 5) is 19.9. The van der Waals surface area contributed by atoms with E-state index in [0.717, 1.165) is 0 Å². The molecule has 0 heterocycles. The molecule has 0 aromatic heterocycles. The molecule has 0 atom stereocenters. The first-order valence-corrected chi connectivity index (χ1v) is 2.61. The van der Waals surface area contributed by atoms with Crippen molar-refractivity contribution in [3.8, 4) is 0 Å². The molecule has 9 heavy (non-hydrogen) atoms. The average molecular weight is 128 g/mol. The van der Waals surface area contributed by atoms with Crippen LogP contribution in [0.5, 0.6) is 0 Å². The Morgan fingerprint density at radius 2 is 2.22 bits per heavy atom. The van der Waals surface area contributed by atoms with Crippen LogP contribution in [0.3, 0.4) is 0 Å². The zero-order valence-electron chi connectivity index (χ0n) is 5.13. The fourth-order valence-electron chi connectivity index (χ4n) is 0.406. The van der Waals surface area contributed by atoms with Crippen molar-refractivity contribution in [2.75, 3.05) is 0 Å². The predicted molar refractivity (Wildman–Crippen MR) is 32.1 cm³/mol. The first-order chi connectivity index (χ1) is 4.22. The number of aliphatic carboxylic acids is 1. The van der Waals surface area contributed by atoms with Gasteiger partial charge in [0.05, 0.1) is 5.57 Å². The highest BCUT2D eigenvalue weighted by Crippen LogP contribution is 1.91. The highest BCUT2D eigenvalue weighted by molar-refractivity contribution is 6.06. The van der Waals surface area contributed by atoms with Crippen LogP contribution in [-0.2, 0) is 9.59 Å². The van der Waals surface area contributed by atoms with Gasteiger partial charge in [0.1, 0.15) is 0 Å². The molecule has 0 saturated carbocycles. The number of allylic oxidation sites excluding steroid dienone is 1. The third-order valence-electron chi connectivity index (χ3n) is 0.798. The van der Waals surface area contributed by atoms with Gasteiger partial charge in [0.2, 0.25) is 0 Å². The van der Waals surface area contributed by atoms with Gasteiger partial charge in [-0.3, -0.25) is 4.79 Å². The fraction of sp³-hybridized carbons (Fsp3) is 0.333. The Kier molecular flexibility index (Phi) is 3.35. The molecule has 1 N–H and O–H groups in total. The lowest BCUT2D eigenvalue weighted by atomic mass is 10.2. The van der Waals surface area contributed by atoms with Crippen molar-refractivity contribution < 1.29 is 14.7 Å². The molecule has 0 fully saturated rings. The molecular formula is C6H8O3. The molecule has 0 aliphatic carbocycles. The lowest BCUT2D eigenvalue weighted by Gasteiger charge is -1.86. The Labute approximate surface area is 53.0 Å². The highest BCUT2D eigenvalue weighted by Gasteiger charge is 2.01. The standard InChI is InChI=1S/C6H8O3/c1-2-3-5(4-7)6(8)9/h3-4H,2H2,1H3,(H,8,9). The van der Waals surface area contributed by atoms with Crippen molar-refractivity contribution in [1.29, 1.82) is 0 Å². The molecule has 0 bridgehead atoms. The summed E-state index contributed by atoms with van der Waals surface area (Å²) in [6, 6.07) is 0. The minimum atomic E-state index is -1.16. The van der Waals surface area contributed by atoms with Gasteiger partial charge in [0.25, 0.3) is 0 Å². The van der Waals surface area contributed by atoms with Gasteiger partial charge in [0.15, 0.2) is 6.29 Å². The van der Waals surface area contributed by atoms with E-state index < -0.39 is 5.97 Å². The first kappa shape index (κ1) is 7.88. The van der Waals surface area contributed by atoms with Gasteiger partial charge in [-0.25, -0.2) is 4.79 Å². The van der Waals surface area contributed by atoms with Gasteiger partial charge in [0, 0.05) is 0 Å². The van der Waals surface area contributed by atoms with Crippen molar-refractivity contribution in [3.05, 3.63) is 11.6 Å². The molecule has 0 rings (SSSR count). The normalized spacial score (nSPS) is 11.0. The number of hydrogen-bond acceptors (Lipinski definition) is 2. The quantitative estimate of drug-likeness (QED) is 0.262. The van der Waals surface area contributed by atoms with Crippen molar-refractivity contribution in [3.63, 3.8) is 0 Å². The second kappa shape index (κ2) is 3.83. The topological polar surface area (TPSA) is 54.4 Å². The molecule has 0 aliphatic heterocycles. The second-order valence-electron chi connectivity index (χ2n) is 1.49. The molecule has 0 spiro atoms. The molecule has 3 heteroatoms. The van der Waals surface area contributed by atoms with E-state index in [1.165, 1.54) is 6.08 Å². The van der Waals surface area contributed by atoms with Gasteiger partial charge < -0.3 is 5.11 Å². The van der Waals surface area contributed by atoms with Crippen LogP contribution in [0.4, 0.5) is 0 Å². The van der Waals surface area contributed by atoms with Crippen molar-refractivity contribution in [2.45, 2.75) is 13.3 Å². The maximum Gasteiger partial charge on any atom is 0.338 e. The summed E-state index contributed by atoms with van der Waals surface area (Å²) in [7, 11) is 0. The SMILES string of the molecule is CCC=C(C=O)C(=O)O. The monoisotopic (exact) mass is 128 g/mol. The Bertz CT molecular complexity index is 146. The molecule has 0 aromatic rings.